The lowest BCUT2D eigenvalue weighted by Crippen LogP contribution is -2.23. The Labute approximate surface area is 134 Å². The van der Waals surface area contributed by atoms with E-state index in [-0.39, 0.29) is 5.91 Å². The summed E-state index contributed by atoms with van der Waals surface area (Å²) in [6.45, 7) is 0.494. The van der Waals surface area contributed by atoms with Gasteiger partial charge >= 0.3 is 0 Å². The third kappa shape index (κ3) is 3.29. The van der Waals surface area contributed by atoms with Crippen LogP contribution in [0.15, 0.2) is 41.8 Å². The summed E-state index contributed by atoms with van der Waals surface area (Å²) in [5, 5.41) is 9.43. The fraction of sp³-hybridized carbons (Fsp3) is 0.0714. The number of carbonyl (C=O) groups excluding carboxylic acids is 1. The van der Waals surface area contributed by atoms with Crippen molar-refractivity contribution in [1.29, 1.82) is 0 Å². The minimum Gasteiger partial charge on any atom is -0.346 e. The van der Waals surface area contributed by atoms with Gasteiger partial charge in [-0.25, -0.2) is 0 Å². The quantitative estimate of drug-likeness (QED) is 0.788. The molecule has 0 unspecified atom stereocenters. The fourth-order valence-corrected chi connectivity index (χ4v) is 3.23. The first-order valence-corrected chi connectivity index (χ1v) is 8.16. The Morgan fingerprint density at radius 1 is 1.24 bits per heavy atom. The van der Waals surface area contributed by atoms with E-state index in [1.165, 1.54) is 11.5 Å². The molecule has 0 saturated heterocycles. The Morgan fingerprint density at radius 2 is 2.05 bits per heavy atom. The summed E-state index contributed by atoms with van der Waals surface area (Å²) in [5.41, 5.74) is 1.23. The molecule has 1 N–H and O–H groups in total. The molecule has 0 aliphatic carbocycles. The van der Waals surface area contributed by atoms with Gasteiger partial charge < -0.3 is 5.32 Å². The predicted octanol–water partition coefficient (Wildman–Crippen LogP) is 3.85. The number of amides is 1. The third-order valence-corrected chi connectivity index (χ3v) is 4.72. The minimum absolute atomic E-state index is 0.220. The zero-order valence-electron chi connectivity index (χ0n) is 10.7. The van der Waals surface area contributed by atoms with Crippen LogP contribution in [0.3, 0.4) is 0 Å². The highest BCUT2D eigenvalue weighted by atomic mass is 35.5. The first-order valence-electron chi connectivity index (χ1n) is 6.13. The molecule has 0 fully saturated rings. The highest BCUT2D eigenvalue weighted by Gasteiger charge is 2.17. The maximum Gasteiger partial charge on any atom is 0.273 e. The molecule has 0 aliphatic heterocycles. The van der Waals surface area contributed by atoms with Crippen molar-refractivity contribution in [3.05, 3.63) is 57.4 Å². The van der Waals surface area contributed by atoms with Gasteiger partial charge in [0.1, 0.15) is 0 Å². The van der Waals surface area contributed by atoms with Crippen molar-refractivity contribution < 1.29 is 4.79 Å². The molecule has 0 radical (unpaired) electrons. The summed E-state index contributed by atoms with van der Waals surface area (Å²) in [6.07, 6.45) is 0. The molecule has 106 valence electrons. The minimum atomic E-state index is -0.220. The van der Waals surface area contributed by atoms with Crippen LogP contribution in [0.2, 0.25) is 5.02 Å². The van der Waals surface area contributed by atoms with Crippen molar-refractivity contribution in [3.8, 4) is 10.4 Å². The van der Waals surface area contributed by atoms with Gasteiger partial charge in [0, 0.05) is 9.90 Å². The number of aromatic nitrogens is 2. The second-order valence-electron chi connectivity index (χ2n) is 4.22. The number of hydrogen-bond acceptors (Lipinski definition) is 5. The monoisotopic (exact) mass is 335 g/mol. The van der Waals surface area contributed by atoms with Gasteiger partial charge in [-0.05, 0) is 40.7 Å². The number of nitrogens with one attached hydrogen (secondary N) is 1. The van der Waals surface area contributed by atoms with Crippen LogP contribution in [0.5, 0.6) is 0 Å². The standard InChI is InChI=1S/C14H10ClN3OS2/c15-10-5-3-9(4-6-10)13-12(17-18-21-13)14(19)16-8-11-2-1-7-20-11/h1-7H,8H2,(H,16,19). The first kappa shape index (κ1) is 14.2. The largest absolute Gasteiger partial charge is 0.346 e. The van der Waals surface area contributed by atoms with Crippen LogP contribution in [-0.4, -0.2) is 15.5 Å². The smallest absolute Gasteiger partial charge is 0.273 e. The molecular weight excluding hydrogens is 326 g/mol. The fourth-order valence-electron chi connectivity index (χ4n) is 1.79. The SMILES string of the molecule is O=C(NCc1cccs1)c1nnsc1-c1ccc(Cl)cc1. The number of rotatable bonds is 4. The lowest BCUT2D eigenvalue weighted by Gasteiger charge is -2.03. The summed E-state index contributed by atoms with van der Waals surface area (Å²) in [7, 11) is 0. The molecule has 1 amide bonds. The van der Waals surface area contributed by atoms with E-state index in [1.807, 2.05) is 29.6 Å². The molecule has 0 spiro atoms. The molecule has 2 heterocycles. The van der Waals surface area contributed by atoms with Gasteiger partial charge in [-0.1, -0.05) is 34.3 Å². The molecule has 3 rings (SSSR count). The Hall–Kier alpha value is -1.76. The van der Waals surface area contributed by atoms with Crippen molar-refractivity contribution in [3.63, 3.8) is 0 Å². The Bertz CT molecular complexity index is 738. The van der Waals surface area contributed by atoms with Gasteiger partial charge in [0.15, 0.2) is 5.69 Å². The molecule has 2 aromatic heterocycles. The molecule has 21 heavy (non-hydrogen) atoms. The van der Waals surface area contributed by atoms with E-state index in [4.69, 9.17) is 11.6 Å². The first-order chi connectivity index (χ1) is 10.2. The molecular formula is C14H10ClN3OS2. The Morgan fingerprint density at radius 3 is 2.76 bits per heavy atom. The third-order valence-electron chi connectivity index (χ3n) is 2.81. The van der Waals surface area contributed by atoms with Gasteiger partial charge in [-0.15, -0.1) is 16.4 Å². The molecule has 0 aliphatic rings. The summed E-state index contributed by atoms with van der Waals surface area (Å²) in [5.74, 6) is -0.220. The number of thiophene rings is 1. The van der Waals surface area contributed by atoms with Crippen LogP contribution in [0, 0.1) is 0 Å². The van der Waals surface area contributed by atoms with Crippen molar-refractivity contribution >= 4 is 40.4 Å². The molecule has 0 atom stereocenters. The zero-order chi connectivity index (χ0) is 14.7. The van der Waals surface area contributed by atoms with E-state index in [0.29, 0.717) is 17.3 Å². The molecule has 3 aromatic rings. The van der Waals surface area contributed by atoms with E-state index in [0.717, 1.165) is 15.3 Å². The predicted molar refractivity (Wildman–Crippen MR) is 85.8 cm³/mol. The van der Waals surface area contributed by atoms with Gasteiger partial charge in [0.25, 0.3) is 5.91 Å². The molecule has 7 heteroatoms. The lowest BCUT2D eigenvalue weighted by atomic mass is 10.1. The lowest BCUT2D eigenvalue weighted by molar-refractivity contribution is 0.0947. The maximum atomic E-state index is 12.2. The summed E-state index contributed by atoms with van der Waals surface area (Å²) < 4.78 is 3.89. The number of benzene rings is 1. The summed E-state index contributed by atoms with van der Waals surface area (Å²) in [4.78, 5) is 14.1. The Kier molecular flexibility index (Phi) is 4.28. The van der Waals surface area contributed by atoms with Gasteiger partial charge in [-0.3, -0.25) is 4.79 Å². The topological polar surface area (TPSA) is 54.9 Å². The van der Waals surface area contributed by atoms with E-state index in [9.17, 15) is 4.79 Å². The van der Waals surface area contributed by atoms with Gasteiger partial charge in [0.05, 0.1) is 11.4 Å². The summed E-state index contributed by atoms with van der Waals surface area (Å²) in [6, 6.07) is 11.2. The van der Waals surface area contributed by atoms with Crippen LogP contribution in [0.1, 0.15) is 15.4 Å². The van der Waals surface area contributed by atoms with Crippen molar-refractivity contribution in [2.75, 3.05) is 0 Å². The van der Waals surface area contributed by atoms with E-state index in [2.05, 4.69) is 14.9 Å². The highest BCUT2D eigenvalue weighted by Crippen LogP contribution is 2.27. The van der Waals surface area contributed by atoms with Crippen LogP contribution in [-0.2, 0) is 6.54 Å². The van der Waals surface area contributed by atoms with Crippen molar-refractivity contribution in [1.82, 2.24) is 14.9 Å². The number of carbonyl (C=O) groups is 1. The summed E-state index contributed by atoms with van der Waals surface area (Å²) >= 11 is 8.68. The highest BCUT2D eigenvalue weighted by molar-refractivity contribution is 7.10. The van der Waals surface area contributed by atoms with Crippen molar-refractivity contribution in [2.24, 2.45) is 0 Å². The number of halogens is 1. The van der Waals surface area contributed by atoms with E-state index in [1.54, 1.807) is 23.5 Å². The van der Waals surface area contributed by atoms with Crippen molar-refractivity contribution in [2.45, 2.75) is 6.54 Å². The number of nitrogens with zero attached hydrogens (tertiary/aromatic N) is 2. The Balaban J connectivity index is 1.78. The molecule has 1 aromatic carbocycles. The van der Waals surface area contributed by atoms with Gasteiger partial charge in [-0.2, -0.15) is 0 Å². The average Bonchev–Trinajstić information content (AvgIpc) is 3.17. The second-order valence-corrected chi connectivity index (χ2v) is 6.44. The van der Waals surface area contributed by atoms with E-state index >= 15 is 0 Å². The van der Waals surface area contributed by atoms with Crippen LogP contribution >= 0.6 is 34.5 Å². The van der Waals surface area contributed by atoms with Crippen LogP contribution < -0.4 is 5.32 Å². The maximum absolute atomic E-state index is 12.2. The normalized spacial score (nSPS) is 10.5. The van der Waals surface area contributed by atoms with E-state index < -0.39 is 0 Å². The van der Waals surface area contributed by atoms with Gasteiger partial charge in [0.2, 0.25) is 0 Å². The second kappa shape index (κ2) is 6.34. The zero-order valence-corrected chi connectivity index (χ0v) is 13.1. The van der Waals surface area contributed by atoms with Crippen LogP contribution in [0.25, 0.3) is 10.4 Å². The molecule has 4 nitrogen and oxygen atoms in total. The number of hydrogen-bond donors (Lipinski definition) is 1. The molecule has 0 bridgehead atoms. The molecule has 0 saturated carbocycles. The average molecular weight is 336 g/mol. The van der Waals surface area contributed by atoms with Crippen LogP contribution in [0.4, 0.5) is 0 Å².